The Hall–Kier alpha value is -2.87. The molecule has 0 bridgehead atoms. The van der Waals surface area contributed by atoms with Gasteiger partial charge in [-0.1, -0.05) is 23.9 Å². The highest BCUT2D eigenvalue weighted by Crippen LogP contribution is 2.19. The number of halogens is 1. The van der Waals surface area contributed by atoms with Crippen LogP contribution in [0.15, 0.2) is 58.5 Å². The summed E-state index contributed by atoms with van der Waals surface area (Å²) in [6.45, 7) is 0.663. The lowest BCUT2D eigenvalue weighted by Gasteiger charge is -2.13. The molecule has 0 saturated heterocycles. The number of methoxy groups -OCH3 is 1. The van der Waals surface area contributed by atoms with Gasteiger partial charge >= 0.3 is 5.97 Å². The number of para-hydroxylation sites is 1. The Morgan fingerprint density at radius 1 is 1.17 bits per heavy atom. The van der Waals surface area contributed by atoms with Crippen LogP contribution < -0.4 is 10.3 Å². The van der Waals surface area contributed by atoms with Crippen LogP contribution in [0.5, 0.6) is 5.75 Å². The van der Waals surface area contributed by atoms with Gasteiger partial charge in [-0.05, 0) is 42.8 Å². The van der Waals surface area contributed by atoms with Crippen molar-refractivity contribution in [2.24, 2.45) is 0 Å². The summed E-state index contributed by atoms with van der Waals surface area (Å²) in [6.07, 6.45) is 0.805. The van der Waals surface area contributed by atoms with E-state index in [1.807, 2.05) is 6.07 Å². The van der Waals surface area contributed by atoms with E-state index in [1.54, 1.807) is 30.3 Å². The zero-order valence-electron chi connectivity index (χ0n) is 16.0. The summed E-state index contributed by atoms with van der Waals surface area (Å²) in [4.78, 5) is 29.0. The highest BCUT2D eigenvalue weighted by atomic mass is 32.2. The van der Waals surface area contributed by atoms with Crippen molar-refractivity contribution in [2.75, 3.05) is 19.5 Å². The largest absolute Gasteiger partial charge is 0.494 e. The van der Waals surface area contributed by atoms with Crippen LogP contribution in [0.2, 0.25) is 0 Å². The predicted molar refractivity (Wildman–Crippen MR) is 110 cm³/mol. The van der Waals surface area contributed by atoms with E-state index >= 15 is 0 Å². The van der Waals surface area contributed by atoms with E-state index in [9.17, 15) is 14.0 Å². The molecular weight excluding hydrogens is 395 g/mol. The molecule has 152 valence electrons. The first-order chi connectivity index (χ1) is 14.1. The molecule has 0 saturated carbocycles. The predicted octanol–water partition coefficient (Wildman–Crippen LogP) is 3.66. The highest BCUT2D eigenvalue weighted by molar-refractivity contribution is 7.99. The highest BCUT2D eigenvalue weighted by Gasteiger charge is 2.13. The lowest BCUT2D eigenvalue weighted by molar-refractivity contribution is -0.140. The molecule has 3 rings (SSSR count). The molecule has 1 aromatic heterocycles. The molecule has 0 aliphatic rings. The Labute approximate surface area is 171 Å². The zero-order chi connectivity index (χ0) is 20.6. The van der Waals surface area contributed by atoms with Gasteiger partial charge < -0.3 is 9.47 Å². The average Bonchev–Trinajstić information content (AvgIpc) is 2.74. The van der Waals surface area contributed by atoms with Crippen molar-refractivity contribution in [3.8, 4) is 5.75 Å². The smallest absolute Gasteiger partial charge is 0.307 e. The third-order valence-corrected chi connectivity index (χ3v) is 5.26. The van der Waals surface area contributed by atoms with Gasteiger partial charge in [-0.25, -0.2) is 9.37 Å². The molecule has 0 N–H and O–H groups in total. The van der Waals surface area contributed by atoms with Crippen LogP contribution >= 0.6 is 11.8 Å². The fraction of sp³-hybridized carbons (Fsp3) is 0.286. The quantitative estimate of drug-likeness (QED) is 0.229. The number of nitrogens with zero attached hydrogens (tertiary/aromatic N) is 2. The van der Waals surface area contributed by atoms with Crippen molar-refractivity contribution in [3.05, 3.63) is 64.7 Å². The second kappa shape index (κ2) is 10.1. The minimum atomic E-state index is -0.381. The molecule has 2 aromatic carbocycles. The van der Waals surface area contributed by atoms with Crippen molar-refractivity contribution in [1.29, 1.82) is 0 Å². The first-order valence-corrected chi connectivity index (χ1v) is 10.1. The van der Waals surface area contributed by atoms with Crippen LogP contribution in [0.1, 0.15) is 12.8 Å². The molecule has 0 radical (unpaired) electrons. The molecule has 8 heteroatoms. The molecule has 0 spiro atoms. The second-order valence-corrected chi connectivity index (χ2v) is 7.26. The Bertz CT molecular complexity index is 1040. The number of hydrogen-bond acceptors (Lipinski definition) is 6. The number of aromatic nitrogens is 2. The number of thioether (sulfide) groups is 1. The van der Waals surface area contributed by atoms with Gasteiger partial charge in [-0.2, -0.15) is 0 Å². The van der Waals surface area contributed by atoms with E-state index in [2.05, 4.69) is 9.72 Å². The van der Waals surface area contributed by atoms with Crippen LogP contribution in [0.4, 0.5) is 4.39 Å². The maximum absolute atomic E-state index is 12.9. The number of carbonyl (C=O) groups excluding carboxylic acids is 1. The first kappa shape index (κ1) is 20.9. The summed E-state index contributed by atoms with van der Waals surface area (Å²) in [5.74, 6) is 0.591. The van der Waals surface area contributed by atoms with Gasteiger partial charge in [-0.15, -0.1) is 0 Å². The van der Waals surface area contributed by atoms with E-state index < -0.39 is 0 Å². The molecule has 0 atom stereocenters. The van der Waals surface area contributed by atoms with Crippen LogP contribution in [0.25, 0.3) is 10.9 Å². The fourth-order valence-corrected chi connectivity index (χ4v) is 3.64. The standard InChI is InChI=1S/C21H21FN2O4S/c1-27-19(25)11-12-24-20(26)17-5-2-3-6-18(17)23-21(24)29-14-4-13-28-16-9-7-15(22)8-10-16/h2-3,5-10H,4,11-14H2,1H3. The first-order valence-electron chi connectivity index (χ1n) is 9.16. The monoisotopic (exact) mass is 416 g/mol. The van der Waals surface area contributed by atoms with Crippen LogP contribution in [0, 0.1) is 5.82 Å². The van der Waals surface area contributed by atoms with Gasteiger partial charge in [0.1, 0.15) is 11.6 Å². The summed E-state index contributed by atoms with van der Waals surface area (Å²) in [6, 6.07) is 13.0. The van der Waals surface area contributed by atoms with Gasteiger partial charge in [0.05, 0.1) is 31.0 Å². The summed E-state index contributed by atoms with van der Waals surface area (Å²) < 4.78 is 24.7. The third kappa shape index (κ3) is 5.57. The molecule has 0 amide bonds. The Balaban J connectivity index is 1.67. The van der Waals surface area contributed by atoms with Gasteiger partial charge in [-0.3, -0.25) is 14.2 Å². The van der Waals surface area contributed by atoms with Gasteiger partial charge in [0.2, 0.25) is 0 Å². The fourth-order valence-electron chi connectivity index (χ4n) is 2.70. The summed E-state index contributed by atoms with van der Waals surface area (Å²) in [5, 5.41) is 1.07. The molecule has 6 nitrogen and oxygen atoms in total. The molecule has 29 heavy (non-hydrogen) atoms. The minimum absolute atomic E-state index is 0.0949. The Morgan fingerprint density at radius 2 is 1.93 bits per heavy atom. The molecule has 0 aliphatic carbocycles. The zero-order valence-corrected chi connectivity index (χ0v) is 16.8. The van der Waals surface area contributed by atoms with Crippen molar-refractivity contribution < 1.29 is 18.7 Å². The Kier molecular flexibility index (Phi) is 7.24. The molecule has 0 fully saturated rings. The van der Waals surface area contributed by atoms with Crippen molar-refractivity contribution in [2.45, 2.75) is 24.5 Å². The molecule has 3 aromatic rings. The normalized spacial score (nSPS) is 10.8. The topological polar surface area (TPSA) is 70.4 Å². The van der Waals surface area contributed by atoms with E-state index in [-0.39, 0.29) is 30.3 Å². The van der Waals surface area contributed by atoms with Gasteiger partial charge in [0, 0.05) is 12.3 Å². The van der Waals surface area contributed by atoms with E-state index in [1.165, 1.54) is 35.6 Å². The van der Waals surface area contributed by atoms with Gasteiger partial charge in [0.25, 0.3) is 5.56 Å². The van der Waals surface area contributed by atoms with Crippen LogP contribution in [-0.4, -0.2) is 35.0 Å². The molecule has 0 aliphatic heterocycles. The number of benzene rings is 2. The number of fused-ring (bicyclic) bond motifs is 1. The number of hydrogen-bond donors (Lipinski definition) is 0. The Morgan fingerprint density at radius 3 is 2.69 bits per heavy atom. The summed E-state index contributed by atoms with van der Waals surface area (Å²) in [7, 11) is 1.32. The third-order valence-electron chi connectivity index (χ3n) is 4.20. The van der Waals surface area contributed by atoms with E-state index in [0.717, 1.165) is 0 Å². The van der Waals surface area contributed by atoms with Gasteiger partial charge in [0.15, 0.2) is 5.16 Å². The van der Waals surface area contributed by atoms with Crippen molar-refractivity contribution in [1.82, 2.24) is 9.55 Å². The molecule has 0 unspecified atom stereocenters. The average molecular weight is 416 g/mol. The number of esters is 1. The van der Waals surface area contributed by atoms with Crippen LogP contribution in [-0.2, 0) is 16.1 Å². The second-order valence-electron chi connectivity index (χ2n) is 6.20. The summed E-state index contributed by atoms with van der Waals surface area (Å²) >= 11 is 1.43. The SMILES string of the molecule is COC(=O)CCn1c(SCCCOc2ccc(F)cc2)nc2ccccc2c1=O. The van der Waals surface area contributed by atoms with Crippen molar-refractivity contribution in [3.63, 3.8) is 0 Å². The number of carbonyl (C=O) groups is 1. The van der Waals surface area contributed by atoms with E-state index in [4.69, 9.17) is 4.74 Å². The number of ether oxygens (including phenoxy) is 2. The molecular formula is C21H21FN2O4S. The number of rotatable bonds is 9. The lowest BCUT2D eigenvalue weighted by atomic mass is 10.2. The van der Waals surface area contributed by atoms with E-state index in [0.29, 0.717) is 40.6 Å². The maximum Gasteiger partial charge on any atom is 0.307 e. The summed E-state index contributed by atoms with van der Waals surface area (Å²) in [5.41, 5.74) is 0.446. The van der Waals surface area contributed by atoms with Crippen molar-refractivity contribution >= 4 is 28.6 Å². The van der Waals surface area contributed by atoms with Crippen LogP contribution in [0.3, 0.4) is 0 Å². The minimum Gasteiger partial charge on any atom is -0.494 e. The molecule has 1 heterocycles. The lowest BCUT2D eigenvalue weighted by Crippen LogP contribution is -2.25. The maximum atomic E-state index is 12.9.